The molecule has 0 fully saturated rings. The van der Waals surface area contributed by atoms with Crippen molar-refractivity contribution in [3.63, 3.8) is 0 Å². The minimum atomic E-state index is -0.522. The van der Waals surface area contributed by atoms with Gasteiger partial charge in [-0.3, -0.25) is 0 Å². The van der Waals surface area contributed by atoms with Gasteiger partial charge in [-0.15, -0.1) is 0 Å². The number of rotatable bonds is 3. The number of fused-ring (bicyclic) bond motifs is 2. The van der Waals surface area contributed by atoms with Crippen LogP contribution in [-0.2, 0) is 4.74 Å². The molecular weight excluding hydrogens is 324 g/mol. The smallest absolute Gasteiger partial charge is 0.339 e. The quantitative estimate of drug-likeness (QED) is 0.506. The Morgan fingerprint density at radius 1 is 0.962 bits per heavy atom. The van der Waals surface area contributed by atoms with Crippen molar-refractivity contribution in [1.82, 2.24) is 4.98 Å². The van der Waals surface area contributed by atoms with E-state index in [2.05, 4.69) is 0 Å². The summed E-state index contributed by atoms with van der Waals surface area (Å²) in [7, 11) is 0. The van der Waals surface area contributed by atoms with E-state index < -0.39 is 5.97 Å². The molecule has 1 aromatic heterocycles. The Morgan fingerprint density at radius 3 is 2.54 bits per heavy atom. The summed E-state index contributed by atoms with van der Waals surface area (Å²) in [6, 6.07) is 25.1. The zero-order valence-corrected chi connectivity index (χ0v) is 13.8. The SMILES string of the molecule is N#CCOC(=O)c1cc(-c2cccc3ccccc23)nc2ccccc12. The van der Waals surface area contributed by atoms with Gasteiger partial charge in [0.1, 0.15) is 6.07 Å². The van der Waals surface area contributed by atoms with Crippen LogP contribution in [0.2, 0.25) is 0 Å². The monoisotopic (exact) mass is 338 g/mol. The number of carbonyl (C=O) groups is 1. The molecule has 0 aliphatic heterocycles. The topological polar surface area (TPSA) is 63.0 Å². The lowest BCUT2D eigenvalue weighted by molar-refractivity contribution is 0.0557. The van der Waals surface area contributed by atoms with E-state index >= 15 is 0 Å². The molecule has 0 unspecified atom stereocenters. The van der Waals surface area contributed by atoms with E-state index in [4.69, 9.17) is 15.0 Å². The van der Waals surface area contributed by atoms with Crippen LogP contribution in [0.1, 0.15) is 10.4 Å². The molecule has 3 aromatic carbocycles. The van der Waals surface area contributed by atoms with Crippen molar-refractivity contribution in [3.05, 3.63) is 78.4 Å². The maximum atomic E-state index is 12.5. The number of hydrogen-bond acceptors (Lipinski definition) is 4. The molecule has 26 heavy (non-hydrogen) atoms. The highest BCUT2D eigenvalue weighted by Crippen LogP contribution is 2.30. The van der Waals surface area contributed by atoms with Gasteiger partial charge in [-0.1, -0.05) is 60.7 Å². The summed E-state index contributed by atoms with van der Waals surface area (Å²) in [4.78, 5) is 17.2. The molecule has 0 bridgehead atoms. The van der Waals surface area contributed by atoms with E-state index in [0.717, 1.165) is 16.3 Å². The fourth-order valence-electron chi connectivity index (χ4n) is 3.11. The number of carbonyl (C=O) groups excluding carboxylic acids is 1. The molecule has 4 nitrogen and oxygen atoms in total. The third-order valence-corrected chi connectivity index (χ3v) is 4.27. The van der Waals surface area contributed by atoms with E-state index in [1.165, 1.54) is 0 Å². The van der Waals surface area contributed by atoms with Crippen LogP contribution in [0.4, 0.5) is 0 Å². The van der Waals surface area contributed by atoms with Gasteiger partial charge in [0, 0.05) is 10.9 Å². The first-order chi connectivity index (χ1) is 12.8. The summed E-state index contributed by atoms with van der Waals surface area (Å²) < 4.78 is 5.04. The average molecular weight is 338 g/mol. The lowest BCUT2D eigenvalue weighted by Gasteiger charge is -2.11. The van der Waals surface area contributed by atoms with Crippen LogP contribution < -0.4 is 0 Å². The second-order valence-corrected chi connectivity index (χ2v) is 5.83. The Morgan fingerprint density at radius 2 is 1.69 bits per heavy atom. The maximum absolute atomic E-state index is 12.5. The van der Waals surface area contributed by atoms with Crippen LogP contribution in [0.15, 0.2) is 72.8 Å². The van der Waals surface area contributed by atoms with E-state index in [1.807, 2.05) is 72.8 Å². The van der Waals surface area contributed by atoms with Gasteiger partial charge < -0.3 is 4.74 Å². The minimum absolute atomic E-state index is 0.279. The maximum Gasteiger partial charge on any atom is 0.339 e. The molecule has 0 saturated carbocycles. The largest absolute Gasteiger partial charge is 0.447 e. The third-order valence-electron chi connectivity index (χ3n) is 4.27. The van der Waals surface area contributed by atoms with E-state index in [-0.39, 0.29) is 6.61 Å². The zero-order valence-electron chi connectivity index (χ0n) is 13.8. The Balaban J connectivity index is 1.96. The standard InChI is InChI=1S/C22H14N2O2/c23-12-13-26-22(25)19-14-21(24-20-11-4-3-9-18(19)20)17-10-5-7-15-6-1-2-8-16(15)17/h1-11,14H,13H2. The fraction of sp³-hybridized carbons (Fsp3) is 0.0455. The molecule has 4 heteroatoms. The number of esters is 1. The van der Waals surface area contributed by atoms with Crippen LogP contribution in [0.5, 0.6) is 0 Å². The Hall–Kier alpha value is -3.71. The number of para-hydroxylation sites is 1. The predicted octanol–water partition coefficient (Wildman–Crippen LogP) is 4.74. The van der Waals surface area contributed by atoms with Gasteiger partial charge in [0.15, 0.2) is 6.61 Å². The molecule has 0 N–H and O–H groups in total. The van der Waals surface area contributed by atoms with Gasteiger partial charge in [-0.25, -0.2) is 9.78 Å². The number of benzene rings is 3. The van der Waals surface area contributed by atoms with Gasteiger partial charge in [-0.05, 0) is 22.9 Å². The second-order valence-electron chi connectivity index (χ2n) is 5.83. The molecule has 4 aromatic rings. The van der Waals surface area contributed by atoms with Gasteiger partial charge in [0.05, 0.1) is 16.8 Å². The molecule has 0 spiro atoms. The first-order valence-corrected chi connectivity index (χ1v) is 8.20. The van der Waals surface area contributed by atoms with E-state index in [0.29, 0.717) is 22.2 Å². The molecule has 4 rings (SSSR count). The summed E-state index contributed by atoms with van der Waals surface area (Å²) >= 11 is 0. The third kappa shape index (κ3) is 2.76. The van der Waals surface area contributed by atoms with E-state index in [1.54, 1.807) is 6.07 Å². The molecule has 0 aliphatic rings. The number of nitriles is 1. The summed E-state index contributed by atoms with van der Waals surface area (Å²) in [6.45, 7) is -0.279. The van der Waals surface area contributed by atoms with Crippen LogP contribution in [0, 0.1) is 11.3 Å². The zero-order chi connectivity index (χ0) is 17.9. The van der Waals surface area contributed by atoms with Crippen molar-refractivity contribution >= 4 is 27.6 Å². The van der Waals surface area contributed by atoms with Crippen LogP contribution >= 0.6 is 0 Å². The number of aromatic nitrogens is 1. The number of pyridine rings is 1. The van der Waals surface area contributed by atoms with Crippen LogP contribution in [0.25, 0.3) is 32.9 Å². The van der Waals surface area contributed by atoms with Gasteiger partial charge in [0.25, 0.3) is 0 Å². The van der Waals surface area contributed by atoms with Crippen molar-refractivity contribution in [3.8, 4) is 17.3 Å². The van der Waals surface area contributed by atoms with Crippen LogP contribution in [-0.4, -0.2) is 17.6 Å². The lowest BCUT2D eigenvalue weighted by atomic mass is 9.99. The Kier molecular flexibility index (Phi) is 4.04. The Bertz CT molecular complexity index is 1170. The normalized spacial score (nSPS) is 10.6. The number of hydrogen-bond donors (Lipinski definition) is 0. The first-order valence-electron chi connectivity index (χ1n) is 8.20. The van der Waals surface area contributed by atoms with Crippen molar-refractivity contribution in [1.29, 1.82) is 5.26 Å². The predicted molar refractivity (Wildman–Crippen MR) is 101 cm³/mol. The Labute approximate surface area is 150 Å². The molecule has 0 aliphatic carbocycles. The molecule has 0 radical (unpaired) electrons. The average Bonchev–Trinajstić information content (AvgIpc) is 2.70. The van der Waals surface area contributed by atoms with Gasteiger partial charge in [0.2, 0.25) is 0 Å². The molecule has 0 atom stereocenters. The van der Waals surface area contributed by atoms with Crippen molar-refractivity contribution in [2.24, 2.45) is 0 Å². The molecule has 1 heterocycles. The fourth-order valence-corrected chi connectivity index (χ4v) is 3.11. The summed E-state index contributed by atoms with van der Waals surface area (Å²) in [6.07, 6.45) is 0. The van der Waals surface area contributed by atoms with Gasteiger partial charge >= 0.3 is 5.97 Å². The highest BCUT2D eigenvalue weighted by Gasteiger charge is 2.16. The minimum Gasteiger partial charge on any atom is -0.447 e. The second kappa shape index (κ2) is 6.66. The summed E-state index contributed by atoms with van der Waals surface area (Å²) in [5.74, 6) is -0.522. The van der Waals surface area contributed by atoms with Crippen molar-refractivity contribution in [2.45, 2.75) is 0 Å². The lowest BCUT2D eigenvalue weighted by Crippen LogP contribution is -2.07. The van der Waals surface area contributed by atoms with Crippen molar-refractivity contribution in [2.75, 3.05) is 6.61 Å². The summed E-state index contributed by atoms with van der Waals surface area (Å²) in [5.41, 5.74) is 2.77. The molecule has 0 amide bonds. The number of nitrogens with zero attached hydrogens (tertiary/aromatic N) is 2. The van der Waals surface area contributed by atoms with Crippen molar-refractivity contribution < 1.29 is 9.53 Å². The van der Waals surface area contributed by atoms with Crippen LogP contribution in [0.3, 0.4) is 0 Å². The molecule has 124 valence electrons. The highest BCUT2D eigenvalue weighted by molar-refractivity contribution is 6.06. The summed E-state index contributed by atoms with van der Waals surface area (Å²) in [5, 5.41) is 11.6. The molecule has 0 saturated heterocycles. The number of ether oxygens (including phenoxy) is 1. The molecular formula is C22H14N2O2. The van der Waals surface area contributed by atoms with Gasteiger partial charge in [-0.2, -0.15) is 5.26 Å². The highest BCUT2D eigenvalue weighted by atomic mass is 16.5. The first kappa shape index (κ1) is 15.8. The van der Waals surface area contributed by atoms with E-state index in [9.17, 15) is 4.79 Å².